The Morgan fingerprint density at radius 2 is 1.63 bits per heavy atom. The van der Waals surface area contributed by atoms with E-state index in [4.69, 9.17) is 14.2 Å². The largest absolute Gasteiger partial charge is 0.493 e. The van der Waals surface area contributed by atoms with Crippen molar-refractivity contribution < 1.29 is 19.0 Å². The summed E-state index contributed by atoms with van der Waals surface area (Å²) in [6, 6.07) is 16.6. The van der Waals surface area contributed by atoms with Crippen LogP contribution in [0.15, 0.2) is 84.2 Å². The van der Waals surface area contributed by atoms with Crippen LogP contribution in [0.2, 0.25) is 0 Å². The van der Waals surface area contributed by atoms with Gasteiger partial charge >= 0.3 is 0 Å². The lowest BCUT2D eigenvalue weighted by atomic mass is 10.00. The molecule has 0 unspecified atom stereocenters. The van der Waals surface area contributed by atoms with Crippen LogP contribution < -0.4 is 19.6 Å². The number of fused-ring (bicyclic) bond motifs is 1. The number of rotatable bonds is 9. The zero-order valence-corrected chi connectivity index (χ0v) is 23.7. The normalized spacial score (nSPS) is 11.1. The van der Waals surface area contributed by atoms with Gasteiger partial charge < -0.3 is 18.8 Å². The molecule has 0 atom stereocenters. The fourth-order valence-corrected chi connectivity index (χ4v) is 4.53. The number of carbonyl (C=O) groups excluding carboxylic acids is 1. The van der Waals surface area contributed by atoms with Crippen LogP contribution in [0.4, 0.5) is 0 Å². The highest BCUT2D eigenvalue weighted by atomic mass is 16.5. The summed E-state index contributed by atoms with van der Waals surface area (Å²) in [5, 5.41) is 0.749. The molecule has 0 aliphatic rings. The van der Waals surface area contributed by atoms with E-state index in [2.05, 4.69) is 9.97 Å². The molecule has 0 aliphatic heterocycles. The van der Waals surface area contributed by atoms with E-state index in [0.29, 0.717) is 39.8 Å². The number of nitrogens with zero attached hydrogens (tertiary/aromatic N) is 3. The Morgan fingerprint density at radius 3 is 2.29 bits per heavy atom. The van der Waals surface area contributed by atoms with Gasteiger partial charge in [0.1, 0.15) is 11.5 Å². The molecule has 5 rings (SSSR count). The van der Waals surface area contributed by atoms with Crippen molar-refractivity contribution in [2.24, 2.45) is 0 Å². The molecule has 0 fully saturated rings. The van der Waals surface area contributed by atoms with Crippen molar-refractivity contribution in [2.45, 2.75) is 33.2 Å². The first-order chi connectivity index (χ1) is 19.8. The molecule has 3 heterocycles. The van der Waals surface area contributed by atoms with E-state index < -0.39 is 0 Å². The number of pyridine rings is 3. The summed E-state index contributed by atoms with van der Waals surface area (Å²) in [5.41, 5.74) is 3.46. The van der Waals surface area contributed by atoms with E-state index >= 15 is 0 Å². The van der Waals surface area contributed by atoms with Crippen LogP contribution in [-0.4, -0.2) is 34.5 Å². The number of Topliss-reactive ketones (excluding diaryl/α,β-unsaturated/α-hetero) is 1. The SMILES string of the molecule is COc1cc2nccc(Oc3ccc(CC(=O)c4cn(C(C)C)cc(-c5ccc(C)cc5)c4=O)nc3)c2cc1OC. The number of carbonyl (C=O) groups is 1. The minimum Gasteiger partial charge on any atom is -0.493 e. The number of hydrogen-bond donors (Lipinski definition) is 0. The summed E-state index contributed by atoms with van der Waals surface area (Å²) in [4.78, 5) is 35.6. The Bertz CT molecular complexity index is 1780. The molecule has 0 amide bonds. The lowest BCUT2D eigenvalue weighted by Crippen LogP contribution is -2.22. The molecule has 0 saturated carbocycles. The zero-order valence-electron chi connectivity index (χ0n) is 23.7. The summed E-state index contributed by atoms with van der Waals surface area (Å²) >= 11 is 0. The van der Waals surface area contributed by atoms with E-state index in [9.17, 15) is 9.59 Å². The standard InChI is InChI=1S/C33H31N3O5/c1-20(2)36-18-26(22-8-6-21(3)7-9-22)33(38)27(19-36)29(37)14-23-10-11-24(17-35-23)41-30-12-13-34-28-16-32(40-5)31(39-4)15-25(28)30/h6-13,15-20H,14H2,1-5H3. The highest BCUT2D eigenvalue weighted by Crippen LogP contribution is 2.36. The van der Waals surface area contributed by atoms with Crippen LogP contribution in [0.5, 0.6) is 23.0 Å². The first kappa shape index (κ1) is 27.6. The molecule has 0 radical (unpaired) electrons. The molecule has 208 valence electrons. The third-order valence-electron chi connectivity index (χ3n) is 6.88. The number of aromatic nitrogens is 3. The molecular formula is C33H31N3O5. The van der Waals surface area contributed by atoms with Gasteiger partial charge in [0.15, 0.2) is 22.7 Å². The minimum atomic E-state index is -0.291. The van der Waals surface area contributed by atoms with Crippen LogP contribution in [-0.2, 0) is 6.42 Å². The smallest absolute Gasteiger partial charge is 0.200 e. The molecule has 2 aromatic carbocycles. The Kier molecular flexibility index (Phi) is 7.83. The molecule has 0 aliphatic carbocycles. The van der Waals surface area contributed by atoms with Crippen LogP contribution in [0.3, 0.4) is 0 Å². The molecule has 5 aromatic rings. The third kappa shape index (κ3) is 5.82. The summed E-state index contributed by atoms with van der Waals surface area (Å²) in [5.74, 6) is 1.91. The van der Waals surface area contributed by atoms with E-state index in [1.807, 2.05) is 61.9 Å². The van der Waals surface area contributed by atoms with Crippen molar-refractivity contribution in [3.8, 4) is 34.1 Å². The summed E-state index contributed by atoms with van der Waals surface area (Å²) in [6.45, 7) is 6.01. The first-order valence-corrected chi connectivity index (χ1v) is 13.3. The Hall–Kier alpha value is -4.98. The van der Waals surface area contributed by atoms with Crippen molar-refractivity contribution >= 4 is 16.7 Å². The number of ketones is 1. The number of hydrogen-bond acceptors (Lipinski definition) is 7. The van der Waals surface area contributed by atoms with Crippen molar-refractivity contribution in [3.63, 3.8) is 0 Å². The Morgan fingerprint density at radius 1 is 0.902 bits per heavy atom. The van der Waals surface area contributed by atoms with Crippen molar-refractivity contribution in [3.05, 3.63) is 106 Å². The fraction of sp³-hybridized carbons (Fsp3) is 0.212. The molecule has 41 heavy (non-hydrogen) atoms. The first-order valence-electron chi connectivity index (χ1n) is 13.3. The molecule has 0 spiro atoms. The average molecular weight is 550 g/mol. The monoisotopic (exact) mass is 549 g/mol. The topological polar surface area (TPSA) is 92.5 Å². The molecule has 0 N–H and O–H groups in total. The summed E-state index contributed by atoms with van der Waals surface area (Å²) in [7, 11) is 3.14. The lowest BCUT2D eigenvalue weighted by molar-refractivity contribution is 0.0990. The van der Waals surface area contributed by atoms with Gasteiger partial charge in [0.25, 0.3) is 0 Å². The van der Waals surface area contributed by atoms with Gasteiger partial charge in [-0.25, -0.2) is 0 Å². The second-order valence-electron chi connectivity index (χ2n) is 10.0. The van der Waals surface area contributed by atoms with Gasteiger partial charge in [-0.2, -0.15) is 0 Å². The molecule has 8 heteroatoms. The molecule has 0 saturated heterocycles. The minimum absolute atomic E-state index is 0.0137. The maximum atomic E-state index is 13.4. The van der Waals surface area contributed by atoms with Crippen LogP contribution in [0, 0.1) is 6.92 Å². The van der Waals surface area contributed by atoms with Gasteiger partial charge in [-0.05, 0) is 50.6 Å². The Labute approximate surface area is 238 Å². The molecule has 3 aromatic heterocycles. The van der Waals surface area contributed by atoms with Crippen LogP contribution >= 0.6 is 0 Å². The van der Waals surface area contributed by atoms with Gasteiger partial charge in [-0.3, -0.25) is 19.6 Å². The molecule has 8 nitrogen and oxygen atoms in total. The van der Waals surface area contributed by atoms with Gasteiger partial charge in [-0.15, -0.1) is 0 Å². The van der Waals surface area contributed by atoms with Crippen molar-refractivity contribution in [1.82, 2.24) is 14.5 Å². The number of benzene rings is 2. The third-order valence-corrected chi connectivity index (χ3v) is 6.88. The molecular weight excluding hydrogens is 518 g/mol. The van der Waals surface area contributed by atoms with Crippen LogP contribution in [0.25, 0.3) is 22.0 Å². The predicted octanol–water partition coefficient (Wildman–Crippen LogP) is 6.58. The van der Waals surface area contributed by atoms with Gasteiger partial charge in [0, 0.05) is 47.3 Å². The number of ether oxygens (including phenoxy) is 3. The van der Waals surface area contributed by atoms with E-state index in [1.54, 1.807) is 57.1 Å². The number of methoxy groups -OCH3 is 2. The van der Waals surface area contributed by atoms with Crippen molar-refractivity contribution in [2.75, 3.05) is 14.2 Å². The quantitative estimate of drug-likeness (QED) is 0.192. The maximum Gasteiger partial charge on any atom is 0.200 e. The summed E-state index contributed by atoms with van der Waals surface area (Å²) in [6.07, 6.45) is 6.65. The molecule has 0 bridgehead atoms. The highest BCUT2D eigenvalue weighted by Gasteiger charge is 2.18. The zero-order chi connectivity index (χ0) is 29.1. The highest BCUT2D eigenvalue weighted by molar-refractivity contribution is 5.98. The second kappa shape index (κ2) is 11.6. The van der Waals surface area contributed by atoms with E-state index in [-0.39, 0.29) is 29.2 Å². The fourth-order valence-electron chi connectivity index (χ4n) is 4.53. The van der Waals surface area contributed by atoms with Gasteiger partial charge in [0.05, 0.1) is 37.9 Å². The van der Waals surface area contributed by atoms with Gasteiger partial charge in [-0.1, -0.05) is 29.8 Å². The predicted molar refractivity (Wildman–Crippen MR) is 158 cm³/mol. The lowest BCUT2D eigenvalue weighted by Gasteiger charge is -2.15. The number of aryl methyl sites for hydroxylation is 1. The van der Waals surface area contributed by atoms with Crippen LogP contribution in [0.1, 0.15) is 41.5 Å². The average Bonchev–Trinajstić information content (AvgIpc) is 2.98. The van der Waals surface area contributed by atoms with E-state index in [1.165, 1.54) is 0 Å². The van der Waals surface area contributed by atoms with Crippen molar-refractivity contribution in [1.29, 1.82) is 0 Å². The van der Waals surface area contributed by atoms with E-state index in [0.717, 1.165) is 16.5 Å². The maximum absolute atomic E-state index is 13.4. The Balaban J connectivity index is 1.39. The van der Waals surface area contributed by atoms with Gasteiger partial charge in [0.2, 0.25) is 0 Å². The second-order valence-corrected chi connectivity index (χ2v) is 10.0. The summed E-state index contributed by atoms with van der Waals surface area (Å²) < 4.78 is 18.8.